The zero-order valence-corrected chi connectivity index (χ0v) is 31.4. The highest BCUT2D eigenvalue weighted by molar-refractivity contribution is 8.00. The number of likely N-dealkylation sites (N-methyl/N-ethyl adjacent to an activating group) is 1. The predicted molar refractivity (Wildman–Crippen MR) is 199 cm³/mol. The molecule has 1 saturated heterocycles. The maximum atomic E-state index is 16.0. The van der Waals surface area contributed by atoms with Crippen LogP contribution in [0.2, 0.25) is 0 Å². The van der Waals surface area contributed by atoms with E-state index in [0.717, 1.165) is 12.1 Å². The lowest BCUT2D eigenvalue weighted by molar-refractivity contribution is -0.146. The Labute approximate surface area is 325 Å². The minimum atomic E-state index is -1.88. The molecule has 4 aromatic rings. The normalized spacial score (nSPS) is 17.3. The minimum absolute atomic E-state index is 0.0144. The lowest BCUT2D eigenvalue weighted by Gasteiger charge is -2.40. The molecule has 1 aromatic heterocycles. The van der Waals surface area contributed by atoms with Crippen LogP contribution in [0, 0.1) is 40.1 Å². The second-order valence-corrected chi connectivity index (χ2v) is 14.6. The van der Waals surface area contributed by atoms with Crippen LogP contribution in [0.15, 0.2) is 85.5 Å². The van der Waals surface area contributed by atoms with Crippen LogP contribution < -0.4 is 0 Å². The number of halogens is 3. The van der Waals surface area contributed by atoms with E-state index in [1.165, 1.54) is 71.6 Å². The van der Waals surface area contributed by atoms with Gasteiger partial charge in [0.1, 0.15) is 36.7 Å². The Morgan fingerprint density at radius 2 is 1.77 bits per heavy atom. The molecule has 0 radical (unpaired) electrons. The van der Waals surface area contributed by atoms with E-state index < -0.39 is 46.5 Å². The van der Waals surface area contributed by atoms with Gasteiger partial charge in [-0.25, -0.2) is 27.6 Å². The second-order valence-electron chi connectivity index (χ2n) is 12.9. The summed E-state index contributed by atoms with van der Waals surface area (Å²) in [5, 5.41) is 21.7. The molecule has 5 rings (SSSR count). The average Bonchev–Trinajstić information content (AvgIpc) is 3.69. The number of esters is 2. The summed E-state index contributed by atoms with van der Waals surface area (Å²) in [6.45, 7) is 1.47. The van der Waals surface area contributed by atoms with E-state index in [0.29, 0.717) is 11.6 Å². The average molecular weight is 787 g/mol. The van der Waals surface area contributed by atoms with E-state index in [1.807, 2.05) is 12.1 Å². The molecule has 0 aliphatic carbocycles. The highest BCUT2D eigenvalue weighted by Crippen LogP contribution is 2.42. The number of ether oxygens (including phenoxy) is 4. The second kappa shape index (κ2) is 19.2. The van der Waals surface area contributed by atoms with Crippen LogP contribution in [0.1, 0.15) is 45.1 Å². The Kier molecular flexibility index (Phi) is 14.2. The van der Waals surface area contributed by atoms with E-state index in [2.05, 4.69) is 10.1 Å². The molecule has 0 bridgehead atoms. The molecule has 12 nitrogen and oxygen atoms in total. The molecule has 3 aromatic carbocycles. The topological polar surface area (TPSA) is 153 Å². The van der Waals surface area contributed by atoms with E-state index in [4.69, 9.17) is 24.2 Å². The number of nitriles is 2. The fourth-order valence-corrected chi connectivity index (χ4v) is 7.13. The van der Waals surface area contributed by atoms with Crippen molar-refractivity contribution >= 4 is 29.8 Å². The van der Waals surface area contributed by atoms with Crippen molar-refractivity contribution in [2.24, 2.45) is 0 Å². The number of rotatable bonds is 15. The summed E-state index contributed by atoms with van der Waals surface area (Å²) >= 11 is 1.28. The molecule has 0 saturated carbocycles. The Balaban J connectivity index is 1.40. The van der Waals surface area contributed by atoms with Gasteiger partial charge < -0.3 is 18.9 Å². The molecule has 0 amide bonds. The standard InChI is InChI=1S/C40H37F3N6O6S/c1-26(56-32-21-53-38(54-22-32)7-5-4-6-29-10-8-28(18-45)15-35(29)42)40(23-49-25-46-24-47-49,34-13-12-31(41)16-36(34)43)55-39(51)33-14-27(17-44)9-11-30(33)20-52-37(50)19-48(2)3/h4-16,24-26,32,38H,19-23H2,1-3H3/t26-,32-,38-,40-/m1/s1. The van der Waals surface area contributed by atoms with Crippen molar-refractivity contribution in [2.75, 3.05) is 33.9 Å². The smallest absolute Gasteiger partial charge is 0.339 e. The zero-order chi connectivity index (χ0) is 40.2. The third-order valence-electron chi connectivity index (χ3n) is 8.55. The first-order valence-corrected chi connectivity index (χ1v) is 18.1. The lowest BCUT2D eigenvalue weighted by Crippen LogP contribution is -2.47. The molecule has 1 fully saturated rings. The van der Waals surface area contributed by atoms with Crippen molar-refractivity contribution in [3.8, 4) is 12.1 Å². The number of thioether (sulfide) groups is 1. The summed E-state index contributed by atoms with van der Waals surface area (Å²) in [5.74, 6) is -3.88. The number of hydrogen-bond acceptors (Lipinski definition) is 12. The molecule has 0 spiro atoms. The Morgan fingerprint density at radius 1 is 1.04 bits per heavy atom. The minimum Gasteiger partial charge on any atom is -0.460 e. The van der Waals surface area contributed by atoms with E-state index in [-0.39, 0.29) is 66.0 Å². The van der Waals surface area contributed by atoms with Gasteiger partial charge in [-0.2, -0.15) is 15.6 Å². The number of carbonyl (C=O) groups excluding carboxylic acids is 2. The molecule has 0 unspecified atom stereocenters. The highest BCUT2D eigenvalue weighted by Gasteiger charge is 2.47. The first kappa shape index (κ1) is 41.4. The van der Waals surface area contributed by atoms with Crippen LogP contribution in [0.3, 0.4) is 0 Å². The molecule has 290 valence electrons. The number of nitrogens with zero attached hydrogens (tertiary/aromatic N) is 6. The summed E-state index contributed by atoms with van der Waals surface area (Å²) in [5.41, 5.74) is -1.25. The molecule has 0 N–H and O–H groups in total. The third-order valence-corrected chi connectivity index (χ3v) is 9.99. The maximum Gasteiger partial charge on any atom is 0.339 e. The predicted octanol–water partition coefficient (Wildman–Crippen LogP) is 5.93. The Morgan fingerprint density at radius 3 is 2.43 bits per heavy atom. The molecule has 1 aliphatic rings. The largest absolute Gasteiger partial charge is 0.460 e. The molecule has 1 aliphatic heterocycles. The lowest BCUT2D eigenvalue weighted by atomic mass is 9.89. The van der Waals surface area contributed by atoms with Gasteiger partial charge in [-0.3, -0.25) is 9.69 Å². The third kappa shape index (κ3) is 10.7. The molecule has 56 heavy (non-hydrogen) atoms. The van der Waals surface area contributed by atoms with Gasteiger partial charge in [0.25, 0.3) is 0 Å². The van der Waals surface area contributed by atoms with Gasteiger partial charge in [0, 0.05) is 28.0 Å². The van der Waals surface area contributed by atoms with Gasteiger partial charge in [0.2, 0.25) is 0 Å². The van der Waals surface area contributed by atoms with Crippen LogP contribution in [-0.2, 0) is 42.5 Å². The van der Waals surface area contributed by atoms with Crippen molar-refractivity contribution in [1.29, 1.82) is 10.5 Å². The van der Waals surface area contributed by atoms with E-state index in [1.54, 1.807) is 44.1 Å². The first-order chi connectivity index (χ1) is 26.9. The van der Waals surface area contributed by atoms with Gasteiger partial charge in [0.05, 0.1) is 60.4 Å². The number of carbonyl (C=O) groups is 2. The summed E-state index contributed by atoms with van der Waals surface area (Å²) in [6, 6.07) is 15.2. The van der Waals surface area contributed by atoms with Crippen LogP contribution in [0.25, 0.3) is 6.08 Å². The fourth-order valence-electron chi connectivity index (χ4n) is 5.77. The first-order valence-electron chi connectivity index (χ1n) is 17.2. The maximum absolute atomic E-state index is 16.0. The molecule has 16 heteroatoms. The van der Waals surface area contributed by atoms with E-state index >= 15 is 4.39 Å². The molecular weight excluding hydrogens is 750 g/mol. The van der Waals surface area contributed by atoms with Crippen LogP contribution in [0.5, 0.6) is 0 Å². The molecule has 2 atom stereocenters. The summed E-state index contributed by atoms with van der Waals surface area (Å²) in [7, 11) is 3.39. The van der Waals surface area contributed by atoms with Gasteiger partial charge >= 0.3 is 11.9 Å². The Hall–Kier alpha value is -5.78. The van der Waals surface area contributed by atoms with Crippen LogP contribution >= 0.6 is 11.8 Å². The number of hydrogen-bond donors (Lipinski definition) is 0. The van der Waals surface area contributed by atoms with Crippen LogP contribution in [-0.4, -0.2) is 82.2 Å². The Bertz CT molecular complexity index is 2160. The van der Waals surface area contributed by atoms with Crippen molar-refractivity contribution in [3.63, 3.8) is 0 Å². The molecule has 2 heterocycles. The SMILES string of the molecule is C[C@@H](S[C@H]1CO[C@H](C=CC=Cc2ccc(C#N)cc2F)OC1)[C@@](Cn1cncn1)(OC(=O)c1cc(C#N)ccc1COC(=O)CN(C)C)c1ccc(F)cc1F. The van der Waals surface area contributed by atoms with Crippen molar-refractivity contribution in [1.82, 2.24) is 19.7 Å². The van der Waals surface area contributed by atoms with Gasteiger partial charge in [-0.05, 0) is 63.5 Å². The monoisotopic (exact) mass is 786 g/mol. The van der Waals surface area contributed by atoms with Crippen molar-refractivity contribution < 1.29 is 41.7 Å². The quantitative estimate of drug-likeness (QED) is 0.104. The summed E-state index contributed by atoms with van der Waals surface area (Å²) < 4.78 is 69.4. The number of benzene rings is 3. The van der Waals surface area contributed by atoms with E-state index in [9.17, 15) is 23.6 Å². The molecular formula is C40H37F3N6O6S. The zero-order valence-electron chi connectivity index (χ0n) is 30.6. The summed E-state index contributed by atoms with van der Waals surface area (Å²) in [4.78, 5) is 32.3. The summed E-state index contributed by atoms with van der Waals surface area (Å²) in [6.07, 6.45) is 8.31. The fraction of sp³-hybridized carbons (Fsp3) is 0.300. The van der Waals surface area contributed by atoms with Crippen LogP contribution in [0.4, 0.5) is 13.2 Å². The van der Waals surface area contributed by atoms with Gasteiger partial charge in [-0.1, -0.05) is 30.4 Å². The van der Waals surface area contributed by atoms with Crippen molar-refractivity contribution in [3.05, 3.63) is 136 Å². The number of allylic oxidation sites excluding steroid dienone is 2. The van der Waals surface area contributed by atoms with Gasteiger partial charge in [-0.15, -0.1) is 11.8 Å². The van der Waals surface area contributed by atoms with Gasteiger partial charge in [0.15, 0.2) is 11.9 Å². The number of aromatic nitrogens is 3. The highest BCUT2D eigenvalue weighted by atomic mass is 32.2. The van der Waals surface area contributed by atoms with Crippen molar-refractivity contribution in [2.45, 2.75) is 42.5 Å².